The van der Waals surface area contributed by atoms with Crippen molar-refractivity contribution >= 4 is 11.8 Å². The second kappa shape index (κ2) is 6.65. The summed E-state index contributed by atoms with van der Waals surface area (Å²) in [6.07, 6.45) is 1.40. The van der Waals surface area contributed by atoms with Crippen molar-refractivity contribution in [3.05, 3.63) is 28.2 Å². The van der Waals surface area contributed by atoms with Crippen LogP contribution in [0.4, 0.5) is 0 Å². The van der Waals surface area contributed by atoms with E-state index < -0.39 is 17.1 Å². The molecule has 1 heterocycles. The number of aromatic nitrogens is 1. The van der Waals surface area contributed by atoms with E-state index in [4.69, 9.17) is 0 Å². The standard InChI is InChI=1S/C10H13N3O4.ClH/c1-11-7(15)5-12-10(17)8-9(16)6(14)3-4-13(8)2;/h3-4,16H,5H2,1-2H3,(H,11,15)(H,12,17);1H. The fourth-order valence-corrected chi connectivity index (χ4v) is 1.23. The van der Waals surface area contributed by atoms with Gasteiger partial charge in [0.05, 0.1) is 0 Å². The molecule has 100 valence electrons. The summed E-state index contributed by atoms with van der Waals surface area (Å²) in [5.74, 6) is -1.35. The lowest BCUT2D eigenvalue weighted by molar-refractivity contribution is -0.453. The van der Waals surface area contributed by atoms with Crippen LogP contribution in [0.2, 0.25) is 0 Å². The Kier molecular flexibility index (Phi) is 5.90. The van der Waals surface area contributed by atoms with Crippen molar-refractivity contribution < 1.29 is 32.4 Å². The number of hydrogen-bond acceptors (Lipinski definition) is 3. The number of carbonyl (C=O) groups excluding carboxylic acids is 1. The van der Waals surface area contributed by atoms with Crippen LogP contribution in [0.15, 0.2) is 17.1 Å². The van der Waals surface area contributed by atoms with Gasteiger partial charge in [0.2, 0.25) is 12.0 Å². The number of likely N-dealkylation sites (N-methyl/N-ethyl adjacent to an activating group) is 1. The largest absolute Gasteiger partial charge is 1.00 e. The maximum absolute atomic E-state index is 11.2. The van der Waals surface area contributed by atoms with Crippen LogP contribution in [-0.2, 0) is 11.8 Å². The predicted octanol–water partition coefficient (Wildman–Crippen LogP) is -5.77. The molecule has 0 aliphatic heterocycles. The molecule has 0 spiro atoms. The SMILES string of the molecule is CNC(=O)C[NH+]=C(O)c1c(O)c(=O)ccn1C.[Cl-]. The summed E-state index contributed by atoms with van der Waals surface area (Å²) in [5, 5.41) is 21.5. The Morgan fingerprint density at radius 1 is 1.56 bits per heavy atom. The van der Waals surface area contributed by atoms with Crippen LogP contribution in [0.25, 0.3) is 0 Å². The van der Waals surface area contributed by atoms with E-state index in [1.807, 2.05) is 0 Å². The maximum Gasteiger partial charge on any atom is 0.387 e. The minimum Gasteiger partial charge on any atom is -1.00 e. The van der Waals surface area contributed by atoms with Gasteiger partial charge in [0.1, 0.15) is 0 Å². The first kappa shape index (κ1) is 16.0. The third-order valence-electron chi connectivity index (χ3n) is 2.18. The predicted molar refractivity (Wildman–Crippen MR) is 60.0 cm³/mol. The van der Waals surface area contributed by atoms with Gasteiger partial charge in [-0.3, -0.25) is 9.59 Å². The lowest BCUT2D eigenvalue weighted by Crippen LogP contribution is -3.00. The molecule has 0 atom stereocenters. The third-order valence-corrected chi connectivity index (χ3v) is 2.18. The highest BCUT2D eigenvalue weighted by Gasteiger charge is 2.19. The first-order valence-electron chi connectivity index (χ1n) is 4.86. The van der Waals surface area contributed by atoms with Crippen molar-refractivity contribution in [1.82, 2.24) is 9.88 Å². The summed E-state index contributed by atoms with van der Waals surface area (Å²) in [7, 11) is 3.00. The van der Waals surface area contributed by atoms with Crippen molar-refractivity contribution in [2.45, 2.75) is 0 Å². The highest BCUT2D eigenvalue weighted by Crippen LogP contribution is 2.07. The van der Waals surface area contributed by atoms with E-state index in [1.165, 1.54) is 23.9 Å². The van der Waals surface area contributed by atoms with Crippen molar-refractivity contribution in [3.8, 4) is 5.75 Å². The second-order valence-corrected chi connectivity index (χ2v) is 3.36. The normalized spacial score (nSPS) is 10.7. The van der Waals surface area contributed by atoms with Crippen LogP contribution in [0.1, 0.15) is 5.69 Å². The minimum absolute atomic E-state index is 0. The summed E-state index contributed by atoms with van der Waals surface area (Å²) < 4.78 is 1.36. The molecule has 1 amide bonds. The number of amides is 1. The number of rotatable bonds is 3. The Labute approximate surface area is 109 Å². The molecule has 0 saturated heterocycles. The topological polar surface area (TPSA) is 106 Å². The van der Waals surface area contributed by atoms with Crippen LogP contribution in [-0.4, -0.2) is 40.2 Å². The molecular weight excluding hydrogens is 262 g/mol. The lowest BCUT2D eigenvalue weighted by atomic mass is 10.3. The number of aryl methyl sites for hydroxylation is 1. The molecule has 0 fully saturated rings. The quantitative estimate of drug-likeness (QED) is 0.326. The van der Waals surface area contributed by atoms with Crippen LogP contribution >= 0.6 is 0 Å². The Morgan fingerprint density at radius 3 is 2.72 bits per heavy atom. The Bertz CT molecular complexity index is 524. The van der Waals surface area contributed by atoms with Gasteiger partial charge in [0.25, 0.3) is 5.91 Å². The number of aliphatic hydroxyl groups is 1. The number of carbonyl (C=O) groups is 1. The first-order chi connectivity index (χ1) is 7.97. The molecule has 7 nitrogen and oxygen atoms in total. The number of hydrogen-bond donors (Lipinski definition) is 4. The zero-order valence-corrected chi connectivity index (χ0v) is 10.7. The molecule has 0 unspecified atom stereocenters. The number of aromatic hydroxyl groups is 1. The Morgan fingerprint density at radius 2 is 2.17 bits per heavy atom. The fourth-order valence-electron chi connectivity index (χ4n) is 1.23. The molecule has 1 aromatic rings. The zero-order chi connectivity index (χ0) is 13.0. The van der Waals surface area contributed by atoms with E-state index in [0.717, 1.165) is 0 Å². The molecule has 0 saturated carbocycles. The minimum atomic E-state index is -0.605. The maximum atomic E-state index is 11.2. The van der Waals surface area contributed by atoms with E-state index in [0.29, 0.717) is 0 Å². The molecule has 0 radical (unpaired) electrons. The van der Waals surface area contributed by atoms with Crippen molar-refractivity contribution in [3.63, 3.8) is 0 Å². The molecule has 8 heteroatoms. The van der Waals surface area contributed by atoms with Crippen molar-refractivity contribution in [2.75, 3.05) is 13.6 Å². The van der Waals surface area contributed by atoms with Gasteiger partial charge < -0.3 is 32.5 Å². The number of halogens is 1. The highest BCUT2D eigenvalue weighted by molar-refractivity contribution is 5.89. The summed E-state index contributed by atoms with van der Waals surface area (Å²) in [6.45, 7) is -0.162. The highest BCUT2D eigenvalue weighted by atomic mass is 35.5. The van der Waals surface area contributed by atoms with Crippen LogP contribution < -0.4 is 28.1 Å². The summed E-state index contributed by atoms with van der Waals surface area (Å²) in [5.41, 5.74) is -0.673. The second-order valence-electron chi connectivity index (χ2n) is 3.36. The summed E-state index contributed by atoms with van der Waals surface area (Å²) in [6, 6.07) is 1.17. The van der Waals surface area contributed by atoms with Crippen LogP contribution in [0.5, 0.6) is 5.75 Å². The monoisotopic (exact) mass is 275 g/mol. The average Bonchev–Trinajstić information content (AvgIpc) is 2.31. The van der Waals surface area contributed by atoms with E-state index in [1.54, 1.807) is 7.05 Å². The van der Waals surface area contributed by atoms with E-state index in [9.17, 15) is 19.8 Å². The van der Waals surface area contributed by atoms with E-state index >= 15 is 0 Å². The van der Waals surface area contributed by atoms with Gasteiger partial charge in [-0.1, -0.05) is 0 Å². The van der Waals surface area contributed by atoms with Crippen molar-refractivity contribution in [1.29, 1.82) is 0 Å². The van der Waals surface area contributed by atoms with Crippen LogP contribution in [0, 0.1) is 0 Å². The Balaban J connectivity index is 0.00000289. The molecule has 0 aliphatic carbocycles. The zero-order valence-electron chi connectivity index (χ0n) is 9.90. The average molecular weight is 276 g/mol. The number of pyridine rings is 1. The lowest BCUT2D eigenvalue weighted by Gasteiger charge is -2.04. The molecule has 0 bridgehead atoms. The van der Waals surface area contributed by atoms with E-state index in [-0.39, 0.29) is 30.6 Å². The van der Waals surface area contributed by atoms with Crippen molar-refractivity contribution in [2.24, 2.45) is 7.05 Å². The molecule has 1 aromatic heterocycles. The van der Waals surface area contributed by atoms with E-state index in [2.05, 4.69) is 10.3 Å². The number of nitrogens with one attached hydrogen (secondary N) is 2. The summed E-state index contributed by atoms with van der Waals surface area (Å²) in [4.78, 5) is 24.6. The van der Waals surface area contributed by atoms with Gasteiger partial charge in [-0.05, 0) is 0 Å². The van der Waals surface area contributed by atoms with Gasteiger partial charge in [-0.15, -0.1) is 0 Å². The summed E-state index contributed by atoms with van der Waals surface area (Å²) >= 11 is 0. The third kappa shape index (κ3) is 3.49. The smallest absolute Gasteiger partial charge is 0.387 e. The van der Waals surface area contributed by atoms with Gasteiger partial charge in [0.15, 0.2) is 11.4 Å². The number of nitrogens with zero attached hydrogens (tertiary/aromatic N) is 1. The van der Waals surface area contributed by atoms with Crippen LogP contribution in [0.3, 0.4) is 0 Å². The molecule has 0 aliphatic rings. The fraction of sp³-hybridized carbons (Fsp3) is 0.300. The molecule has 4 N–H and O–H groups in total. The molecular formula is C10H14ClN3O4. The van der Waals surface area contributed by atoms with Gasteiger partial charge in [-0.2, -0.15) is 4.99 Å². The Hall–Kier alpha value is -2.02. The first-order valence-corrected chi connectivity index (χ1v) is 4.86. The van der Waals surface area contributed by atoms with Gasteiger partial charge in [0, 0.05) is 26.4 Å². The van der Waals surface area contributed by atoms with Gasteiger partial charge >= 0.3 is 5.90 Å². The number of aliphatic hydroxyl groups excluding tert-OH is 1. The van der Waals surface area contributed by atoms with Gasteiger partial charge in [-0.25, -0.2) is 0 Å². The molecule has 18 heavy (non-hydrogen) atoms. The molecule has 1 rings (SSSR count). The molecule has 0 aromatic carbocycles.